The van der Waals surface area contributed by atoms with Gasteiger partial charge in [0.15, 0.2) is 0 Å². The molecule has 0 saturated carbocycles. The molecule has 2 amide bonds. The maximum absolute atomic E-state index is 11.4. The number of nitrogens with one attached hydrogen (secondary N) is 1. The molecule has 0 spiro atoms. The molecule has 0 rings (SSSR count). The standard InChI is InChI=1S/C10H21N3O4/c1-5-13(6-2)9(15)12-17-7-16-8(14)10(3,4)11/h5-7,11H2,1-4H3,(H,12,15). The summed E-state index contributed by atoms with van der Waals surface area (Å²) in [6, 6.07) is -0.377. The fourth-order valence-electron chi connectivity index (χ4n) is 0.936. The van der Waals surface area contributed by atoms with Crippen LogP contribution in [0.3, 0.4) is 0 Å². The molecule has 0 fully saturated rings. The molecule has 0 aromatic heterocycles. The molecule has 0 aromatic carbocycles. The number of hydrogen-bond acceptors (Lipinski definition) is 5. The maximum atomic E-state index is 11.4. The Kier molecular flexibility index (Phi) is 6.52. The minimum Gasteiger partial charge on any atom is -0.435 e. The number of hydroxylamine groups is 1. The zero-order valence-corrected chi connectivity index (χ0v) is 10.8. The smallest absolute Gasteiger partial charge is 0.341 e. The van der Waals surface area contributed by atoms with Gasteiger partial charge in [-0.25, -0.2) is 15.1 Å². The van der Waals surface area contributed by atoms with Crippen LogP contribution in [0, 0.1) is 0 Å². The van der Waals surface area contributed by atoms with Crippen LogP contribution in [0.4, 0.5) is 4.79 Å². The molecule has 0 aromatic rings. The topological polar surface area (TPSA) is 93.9 Å². The van der Waals surface area contributed by atoms with Gasteiger partial charge in [0.05, 0.1) is 0 Å². The van der Waals surface area contributed by atoms with Crippen molar-refractivity contribution in [1.29, 1.82) is 0 Å². The normalized spacial score (nSPS) is 10.9. The lowest BCUT2D eigenvalue weighted by atomic mass is 10.1. The number of esters is 1. The Balaban J connectivity index is 3.79. The van der Waals surface area contributed by atoms with Gasteiger partial charge in [0.1, 0.15) is 5.54 Å². The molecule has 0 radical (unpaired) electrons. The largest absolute Gasteiger partial charge is 0.435 e. The van der Waals surface area contributed by atoms with E-state index in [1.165, 1.54) is 18.7 Å². The molecule has 0 saturated heterocycles. The van der Waals surface area contributed by atoms with Gasteiger partial charge < -0.3 is 15.4 Å². The van der Waals surface area contributed by atoms with Gasteiger partial charge in [-0.1, -0.05) is 0 Å². The molecule has 7 nitrogen and oxygen atoms in total. The predicted molar refractivity (Wildman–Crippen MR) is 61.8 cm³/mol. The molecule has 0 unspecified atom stereocenters. The molecule has 0 aliphatic rings. The summed E-state index contributed by atoms with van der Waals surface area (Å²) in [6.07, 6.45) is 0. The molecule has 0 heterocycles. The number of amides is 2. The first-order chi connectivity index (χ1) is 7.82. The van der Waals surface area contributed by atoms with Gasteiger partial charge in [-0.15, -0.1) is 0 Å². The summed E-state index contributed by atoms with van der Waals surface area (Å²) in [7, 11) is 0. The van der Waals surface area contributed by atoms with Crippen molar-refractivity contribution in [3.8, 4) is 0 Å². The highest BCUT2D eigenvalue weighted by Crippen LogP contribution is 1.99. The highest BCUT2D eigenvalue weighted by atomic mass is 16.8. The van der Waals surface area contributed by atoms with Gasteiger partial charge in [0.25, 0.3) is 0 Å². The van der Waals surface area contributed by atoms with E-state index in [1.807, 2.05) is 13.8 Å². The zero-order valence-electron chi connectivity index (χ0n) is 10.8. The lowest BCUT2D eigenvalue weighted by Gasteiger charge is -2.19. The van der Waals surface area contributed by atoms with Gasteiger partial charge in [-0.2, -0.15) is 0 Å². The average Bonchev–Trinajstić information content (AvgIpc) is 2.24. The Morgan fingerprint density at radius 1 is 1.29 bits per heavy atom. The molecular formula is C10H21N3O4. The summed E-state index contributed by atoms with van der Waals surface area (Å²) in [6.45, 7) is 7.50. The van der Waals surface area contributed by atoms with Crippen molar-refractivity contribution in [2.45, 2.75) is 33.2 Å². The minimum absolute atomic E-state index is 0.369. The third-order valence-electron chi connectivity index (χ3n) is 1.99. The third kappa shape index (κ3) is 6.08. The second kappa shape index (κ2) is 7.08. The van der Waals surface area contributed by atoms with E-state index < -0.39 is 11.5 Å². The lowest BCUT2D eigenvalue weighted by molar-refractivity contribution is -0.166. The maximum Gasteiger partial charge on any atom is 0.341 e. The summed E-state index contributed by atoms with van der Waals surface area (Å²) < 4.78 is 4.68. The van der Waals surface area contributed by atoms with E-state index in [4.69, 9.17) is 10.6 Å². The summed E-state index contributed by atoms with van der Waals surface area (Å²) in [5, 5.41) is 0. The van der Waals surface area contributed by atoms with Crippen LogP contribution in [0.15, 0.2) is 0 Å². The summed E-state index contributed by atoms with van der Waals surface area (Å²) >= 11 is 0. The summed E-state index contributed by atoms with van der Waals surface area (Å²) in [5.41, 5.74) is 6.57. The van der Waals surface area contributed by atoms with E-state index in [9.17, 15) is 9.59 Å². The fraction of sp³-hybridized carbons (Fsp3) is 0.800. The van der Waals surface area contributed by atoms with Crippen molar-refractivity contribution < 1.29 is 19.2 Å². The molecular weight excluding hydrogens is 226 g/mol. The molecule has 0 atom stereocenters. The number of rotatable bonds is 6. The van der Waals surface area contributed by atoms with Crippen molar-refractivity contribution in [3.05, 3.63) is 0 Å². The highest BCUT2D eigenvalue weighted by Gasteiger charge is 2.23. The first kappa shape index (κ1) is 15.7. The van der Waals surface area contributed by atoms with E-state index in [2.05, 4.69) is 10.2 Å². The van der Waals surface area contributed by atoms with Crippen molar-refractivity contribution in [2.24, 2.45) is 5.73 Å². The molecule has 0 aliphatic carbocycles. The number of hydrogen-bond donors (Lipinski definition) is 2. The van der Waals surface area contributed by atoms with Crippen LogP contribution in [0.5, 0.6) is 0 Å². The number of nitrogens with zero attached hydrogens (tertiary/aromatic N) is 1. The van der Waals surface area contributed by atoms with Crippen molar-refractivity contribution in [3.63, 3.8) is 0 Å². The number of urea groups is 1. The highest BCUT2D eigenvalue weighted by molar-refractivity contribution is 5.79. The number of ether oxygens (including phenoxy) is 1. The van der Waals surface area contributed by atoms with Gasteiger partial charge in [-0.05, 0) is 27.7 Å². The van der Waals surface area contributed by atoms with Crippen LogP contribution < -0.4 is 11.2 Å². The first-order valence-corrected chi connectivity index (χ1v) is 5.45. The quantitative estimate of drug-likeness (QED) is 0.303. The molecule has 0 bridgehead atoms. The van der Waals surface area contributed by atoms with Crippen LogP contribution in [-0.4, -0.2) is 42.3 Å². The average molecular weight is 247 g/mol. The molecule has 100 valence electrons. The van der Waals surface area contributed by atoms with E-state index >= 15 is 0 Å². The molecule has 3 N–H and O–H groups in total. The van der Waals surface area contributed by atoms with E-state index in [1.54, 1.807) is 0 Å². The zero-order chi connectivity index (χ0) is 13.5. The molecule has 0 aliphatic heterocycles. The SMILES string of the molecule is CCN(CC)C(=O)NOCOC(=O)C(C)(C)N. The predicted octanol–water partition coefficient (Wildman–Crippen LogP) is 0.207. The molecule has 17 heavy (non-hydrogen) atoms. The lowest BCUT2D eigenvalue weighted by Crippen LogP contribution is -2.44. The Morgan fingerprint density at radius 3 is 2.24 bits per heavy atom. The number of carbonyl (C=O) groups is 2. The second-order valence-electron chi connectivity index (χ2n) is 4.00. The minimum atomic E-state index is -1.08. The Hall–Kier alpha value is -1.34. The van der Waals surface area contributed by atoms with Crippen molar-refractivity contribution in [2.75, 3.05) is 19.9 Å². The fourth-order valence-corrected chi connectivity index (χ4v) is 0.936. The molecule has 7 heteroatoms. The van der Waals surface area contributed by atoms with Crippen LogP contribution in [-0.2, 0) is 14.4 Å². The number of nitrogens with two attached hydrogens (primary N) is 1. The van der Waals surface area contributed by atoms with Gasteiger partial charge >= 0.3 is 12.0 Å². The van der Waals surface area contributed by atoms with Gasteiger partial charge in [0, 0.05) is 13.1 Å². The number of carbonyl (C=O) groups excluding carboxylic acids is 2. The van der Waals surface area contributed by atoms with E-state index in [0.29, 0.717) is 13.1 Å². The second-order valence-corrected chi connectivity index (χ2v) is 4.00. The third-order valence-corrected chi connectivity index (χ3v) is 1.99. The van der Waals surface area contributed by atoms with Crippen LogP contribution in [0.1, 0.15) is 27.7 Å². The van der Waals surface area contributed by atoms with E-state index in [-0.39, 0.29) is 12.8 Å². The Labute approximate surface area is 101 Å². The van der Waals surface area contributed by atoms with Crippen molar-refractivity contribution >= 4 is 12.0 Å². The summed E-state index contributed by atoms with van der Waals surface area (Å²) in [5.74, 6) is -0.602. The van der Waals surface area contributed by atoms with Gasteiger partial charge in [0.2, 0.25) is 6.79 Å². The van der Waals surface area contributed by atoms with Crippen LogP contribution in [0.25, 0.3) is 0 Å². The van der Waals surface area contributed by atoms with Crippen LogP contribution in [0.2, 0.25) is 0 Å². The van der Waals surface area contributed by atoms with Crippen LogP contribution >= 0.6 is 0 Å². The monoisotopic (exact) mass is 247 g/mol. The summed E-state index contributed by atoms with van der Waals surface area (Å²) in [4.78, 5) is 28.8. The Morgan fingerprint density at radius 2 is 1.82 bits per heavy atom. The first-order valence-electron chi connectivity index (χ1n) is 5.45. The Bertz CT molecular complexity index is 259. The van der Waals surface area contributed by atoms with Crippen molar-refractivity contribution in [1.82, 2.24) is 10.4 Å². The van der Waals surface area contributed by atoms with E-state index in [0.717, 1.165) is 0 Å². The van der Waals surface area contributed by atoms with Gasteiger partial charge in [-0.3, -0.25) is 4.79 Å².